The Morgan fingerprint density at radius 2 is 1.56 bits per heavy atom. The summed E-state index contributed by atoms with van der Waals surface area (Å²) in [4.78, 5) is 23.9. The van der Waals surface area contributed by atoms with Crippen molar-refractivity contribution in [1.29, 1.82) is 0 Å². The number of hydrogen-bond acceptors (Lipinski definition) is 3. The second-order valence-electron chi connectivity index (χ2n) is 6.18. The SMILES string of the molecule is CC(C)CCNC(=O)COc1ccc(C(=O)c2ccc(F)cc2)cc1. The Morgan fingerprint density at radius 3 is 2.12 bits per heavy atom. The Labute approximate surface area is 147 Å². The van der Waals surface area contributed by atoms with Gasteiger partial charge in [-0.3, -0.25) is 9.59 Å². The minimum Gasteiger partial charge on any atom is -0.484 e. The zero-order chi connectivity index (χ0) is 18.2. The molecule has 0 radical (unpaired) electrons. The molecule has 0 aliphatic heterocycles. The number of ketones is 1. The van der Waals surface area contributed by atoms with Crippen molar-refractivity contribution in [3.8, 4) is 5.75 Å². The first kappa shape index (κ1) is 18.6. The lowest BCUT2D eigenvalue weighted by Gasteiger charge is -2.09. The van der Waals surface area contributed by atoms with Crippen LogP contribution in [0.5, 0.6) is 5.75 Å². The summed E-state index contributed by atoms with van der Waals surface area (Å²) in [6, 6.07) is 11.9. The van der Waals surface area contributed by atoms with Crippen LogP contribution >= 0.6 is 0 Å². The number of benzene rings is 2. The molecular weight excluding hydrogens is 321 g/mol. The summed E-state index contributed by atoms with van der Waals surface area (Å²) in [6.07, 6.45) is 0.923. The lowest BCUT2D eigenvalue weighted by molar-refractivity contribution is -0.123. The van der Waals surface area contributed by atoms with E-state index in [2.05, 4.69) is 19.2 Å². The molecule has 0 unspecified atom stereocenters. The first-order valence-corrected chi connectivity index (χ1v) is 8.25. The zero-order valence-corrected chi connectivity index (χ0v) is 14.4. The smallest absolute Gasteiger partial charge is 0.257 e. The van der Waals surface area contributed by atoms with Crippen LogP contribution in [0.2, 0.25) is 0 Å². The second-order valence-corrected chi connectivity index (χ2v) is 6.18. The van der Waals surface area contributed by atoms with Crippen LogP contribution in [0.15, 0.2) is 48.5 Å². The maximum Gasteiger partial charge on any atom is 0.257 e. The first-order chi connectivity index (χ1) is 12.0. The quantitative estimate of drug-likeness (QED) is 0.745. The van der Waals surface area contributed by atoms with Gasteiger partial charge in [-0.25, -0.2) is 4.39 Å². The zero-order valence-electron chi connectivity index (χ0n) is 14.4. The number of nitrogens with one attached hydrogen (secondary N) is 1. The molecule has 0 spiro atoms. The lowest BCUT2D eigenvalue weighted by Crippen LogP contribution is -2.30. The molecule has 2 aromatic rings. The van der Waals surface area contributed by atoms with Crippen LogP contribution in [0.4, 0.5) is 4.39 Å². The molecule has 2 aromatic carbocycles. The fourth-order valence-electron chi connectivity index (χ4n) is 2.17. The molecule has 0 fully saturated rings. The maximum absolute atomic E-state index is 12.9. The second kappa shape index (κ2) is 8.97. The van der Waals surface area contributed by atoms with Crippen LogP contribution in [0.25, 0.3) is 0 Å². The molecule has 0 aromatic heterocycles. The van der Waals surface area contributed by atoms with E-state index in [1.165, 1.54) is 24.3 Å². The van der Waals surface area contributed by atoms with Gasteiger partial charge in [0, 0.05) is 17.7 Å². The Morgan fingerprint density at radius 1 is 1.00 bits per heavy atom. The molecule has 0 saturated carbocycles. The molecule has 0 saturated heterocycles. The van der Waals surface area contributed by atoms with Gasteiger partial charge in [-0.05, 0) is 60.9 Å². The predicted octanol–water partition coefficient (Wildman–Crippen LogP) is 3.60. The number of hydrogen-bond donors (Lipinski definition) is 1. The summed E-state index contributed by atoms with van der Waals surface area (Å²) in [5.74, 6) is 0.291. The maximum atomic E-state index is 12.9. The van der Waals surface area contributed by atoms with Gasteiger partial charge in [0.15, 0.2) is 12.4 Å². The van der Waals surface area contributed by atoms with Crippen LogP contribution < -0.4 is 10.1 Å². The van der Waals surface area contributed by atoms with Gasteiger partial charge in [-0.15, -0.1) is 0 Å². The lowest BCUT2D eigenvalue weighted by atomic mass is 10.0. The van der Waals surface area contributed by atoms with E-state index in [0.29, 0.717) is 29.3 Å². The third kappa shape index (κ3) is 6.03. The van der Waals surface area contributed by atoms with Gasteiger partial charge >= 0.3 is 0 Å². The summed E-state index contributed by atoms with van der Waals surface area (Å²) in [6.45, 7) is 4.75. The summed E-state index contributed by atoms with van der Waals surface area (Å²) in [5.41, 5.74) is 0.889. The molecule has 0 heterocycles. The van der Waals surface area contributed by atoms with Crippen LogP contribution in [0, 0.1) is 11.7 Å². The fourth-order valence-corrected chi connectivity index (χ4v) is 2.17. The summed E-state index contributed by atoms with van der Waals surface area (Å²) in [5, 5.41) is 2.79. The fraction of sp³-hybridized carbons (Fsp3) is 0.300. The van der Waals surface area contributed by atoms with Crippen molar-refractivity contribution in [2.75, 3.05) is 13.2 Å². The van der Waals surface area contributed by atoms with Crippen molar-refractivity contribution in [2.45, 2.75) is 20.3 Å². The van der Waals surface area contributed by atoms with E-state index in [4.69, 9.17) is 4.74 Å². The summed E-state index contributed by atoms with van der Waals surface area (Å²) < 4.78 is 18.3. The van der Waals surface area contributed by atoms with E-state index in [1.807, 2.05) is 0 Å². The van der Waals surface area contributed by atoms with E-state index in [9.17, 15) is 14.0 Å². The standard InChI is InChI=1S/C20H22FNO3/c1-14(2)11-12-22-19(23)13-25-18-9-5-16(6-10-18)20(24)15-3-7-17(21)8-4-15/h3-10,14H,11-13H2,1-2H3,(H,22,23). The van der Waals surface area contributed by atoms with Crippen LogP contribution in [-0.2, 0) is 4.79 Å². The Kier molecular flexibility index (Phi) is 6.69. The van der Waals surface area contributed by atoms with Gasteiger partial charge in [0.2, 0.25) is 0 Å². The van der Waals surface area contributed by atoms with Crippen molar-refractivity contribution >= 4 is 11.7 Å². The van der Waals surface area contributed by atoms with Gasteiger partial charge < -0.3 is 10.1 Å². The molecule has 5 heteroatoms. The van der Waals surface area contributed by atoms with E-state index < -0.39 is 0 Å². The van der Waals surface area contributed by atoms with E-state index in [0.717, 1.165) is 6.42 Å². The van der Waals surface area contributed by atoms with Crippen molar-refractivity contribution in [1.82, 2.24) is 5.32 Å². The molecule has 1 amide bonds. The topological polar surface area (TPSA) is 55.4 Å². The number of halogens is 1. The van der Waals surface area contributed by atoms with E-state index in [-0.39, 0.29) is 24.1 Å². The van der Waals surface area contributed by atoms with E-state index in [1.54, 1.807) is 24.3 Å². The van der Waals surface area contributed by atoms with Crippen LogP contribution in [0.3, 0.4) is 0 Å². The molecule has 0 aliphatic rings. The van der Waals surface area contributed by atoms with E-state index >= 15 is 0 Å². The monoisotopic (exact) mass is 343 g/mol. The Hall–Kier alpha value is -2.69. The average Bonchev–Trinajstić information content (AvgIpc) is 2.60. The number of carbonyl (C=O) groups excluding carboxylic acids is 2. The number of ether oxygens (including phenoxy) is 1. The molecule has 25 heavy (non-hydrogen) atoms. The molecule has 0 atom stereocenters. The number of carbonyl (C=O) groups is 2. The molecule has 0 bridgehead atoms. The summed E-state index contributed by atoms with van der Waals surface area (Å²) >= 11 is 0. The third-order valence-electron chi connectivity index (χ3n) is 3.64. The van der Waals surface area contributed by atoms with Gasteiger partial charge in [-0.2, -0.15) is 0 Å². The minimum absolute atomic E-state index is 0.0661. The predicted molar refractivity (Wildman–Crippen MR) is 94.2 cm³/mol. The molecule has 132 valence electrons. The largest absolute Gasteiger partial charge is 0.484 e. The van der Waals surface area contributed by atoms with Gasteiger partial charge in [-0.1, -0.05) is 13.8 Å². The van der Waals surface area contributed by atoms with Crippen molar-refractivity contribution in [3.63, 3.8) is 0 Å². The van der Waals surface area contributed by atoms with Gasteiger partial charge in [0.25, 0.3) is 5.91 Å². The highest BCUT2D eigenvalue weighted by atomic mass is 19.1. The molecule has 0 aliphatic carbocycles. The molecule has 1 N–H and O–H groups in total. The number of rotatable bonds is 8. The summed E-state index contributed by atoms with van der Waals surface area (Å²) in [7, 11) is 0. The Balaban J connectivity index is 1.86. The van der Waals surface area contributed by atoms with Crippen molar-refractivity contribution in [3.05, 3.63) is 65.5 Å². The number of amides is 1. The normalized spacial score (nSPS) is 10.6. The van der Waals surface area contributed by atoms with Crippen LogP contribution in [-0.4, -0.2) is 24.8 Å². The third-order valence-corrected chi connectivity index (χ3v) is 3.64. The highest BCUT2D eigenvalue weighted by Gasteiger charge is 2.09. The Bertz CT molecular complexity index is 709. The van der Waals surface area contributed by atoms with Gasteiger partial charge in [0.1, 0.15) is 11.6 Å². The molecule has 2 rings (SSSR count). The average molecular weight is 343 g/mol. The van der Waals surface area contributed by atoms with Gasteiger partial charge in [0.05, 0.1) is 0 Å². The van der Waals surface area contributed by atoms with Crippen molar-refractivity contribution < 1.29 is 18.7 Å². The highest BCUT2D eigenvalue weighted by molar-refractivity contribution is 6.09. The van der Waals surface area contributed by atoms with Crippen molar-refractivity contribution in [2.24, 2.45) is 5.92 Å². The van der Waals surface area contributed by atoms with Crippen LogP contribution in [0.1, 0.15) is 36.2 Å². The minimum atomic E-state index is -0.382. The highest BCUT2D eigenvalue weighted by Crippen LogP contribution is 2.16. The molecular formula is C20H22FNO3. The molecule has 4 nitrogen and oxygen atoms in total. The first-order valence-electron chi connectivity index (χ1n) is 8.25.